The molecule has 1 saturated carbocycles. The standard InChI is InChI=1S/C15H24O/c1-3-12-5-8-14(9-6-12)15-10-7-13(4-2)11-16-15/h3-4,12-15H,1-2,5-11H2. The van der Waals surface area contributed by atoms with Crippen LogP contribution < -0.4 is 0 Å². The summed E-state index contributed by atoms with van der Waals surface area (Å²) in [5, 5.41) is 0. The van der Waals surface area contributed by atoms with E-state index in [1.54, 1.807) is 0 Å². The summed E-state index contributed by atoms with van der Waals surface area (Å²) in [6.45, 7) is 8.65. The molecule has 1 heteroatoms. The molecule has 2 aliphatic rings. The molecule has 0 spiro atoms. The third kappa shape index (κ3) is 2.76. The van der Waals surface area contributed by atoms with Gasteiger partial charge < -0.3 is 4.74 Å². The fraction of sp³-hybridized carbons (Fsp3) is 0.733. The Morgan fingerprint density at radius 1 is 0.812 bits per heavy atom. The molecule has 0 bridgehead atoms. The summed E-state index contributed by atoms with van der Waals surface area (Å²) in [7, 11) is 0. The van der Waals surface area contributed by atoms with E-state index >= 15 is 0 Å². The molecule has 0 radical (unpaired) electrons. The second-order valence-electron chi connectivity index (χ2n) is 5.36. The quantitative estimate of drug-likeness (QED) is 0.654. The number of hydrogen-bond acceptors (Lipinski definition) is 1. The van der Waals surface area contributed by atoms with Gasteiger partial charge in [-0.25, -0.2) is 0 Å². The summed E-state index contributed by atoms with van der Waals surface area (Å²) in [5.74, 6) is 2.17. The number of ether oxygens (including phenoxy) is 1. The van der Waals surface area contributed by atoms with Gasteiger partial charge in [-0.3, -0.25) is 0 Å². The van der Waals surface area contributed by atoms with Gasteiger partial charge in [-0.05, 0) is 50.4 Å². The second kappa shape index (κ2) is 5.67. The maximum absolute atomic E-state index is 5.99. The summed E-state index contributed by atoms with van der Waals surface area (Å²) < 4.78 is 5.99. The average molecular weight is 220 g/mol. The lowest BCUT2D eigenvalue weighted by atomic mass is 9.77. The first-order valence-corrected chi connectivity index (χ1v) is 6.70. The summed E-state index contributed by atoms with van der Waals surface area (Å²) in [5.41, 5.74) is 0. The minimum Gasteiger partial charge on any atom is -0.377 e. The van der Waals surface area contributed by atoms with Crippen LogP contribution in [0.4, 0.5) is 0 Å². The Hall–Kier alpha value is -0.560. The van der Waals surface area contributed by atoms with Crippen molar-refractivity contribution in [1.29, 1.82) is 0 Å². The van der Waals surface area contributed by atoms with Crippen molar-refractivity contribution in [3.8, 4) is 0 Å². The van der Waals surface area contributed by atoms with Gasteiger partial charge >= 0.3 is 0 Å². The molecule has 1 saturated heterocycles. The van der Waals surface area contributed by atoms with Gasteiger partial charge in [-0.2, -0.15) is 0 Å². The third-order valence-electron chi connectivity index (χ3n) is 4.36. The Bertz CT molecular complexity index is 204. The first-order valence-electron chi connectivity index (χ1n) is 6.70. The number of allylic oxidation sites excluding steroid dienone is 1. The average Bonchev–Trinajstić information content (AvgIpc) is 2.39. The Balaban J connectivity index is 1.77. The maximum atomic E-state index is 5.99. The van der Waals surface area contributed by atoms with Gasteiger partial charge in [0, 0.05) is 5.92 Å². The van der Waals surface area contributed by atoms with E-state index in [9.17, 15) is 0 Å². The topological polar surface area (TPSA) is 9.23 Å². The van der Waals surface area contributed by atoms with Gasteiger partial charge in [0.05, 0.1) is 12.7 Å². The lowest BCUT2D eigenvalue weighted by Crippen LogP contribution is -2.33. The van der Waals surface area contributed by atoms with Gasteiger partial charge in [0.15, 0.2) is 0 Å². The molecule has 0 aromatic carbocycles. The highest BCUT2D eigenvalue weighted by Gasteiger charge is 2.30. The molecule has 0 aromatic rings. The molecule has 0 amide bonds. The lowest BCUT2D eigenvalue weighted by Gasteiger charge is -2.36. The van der Waals surface area contributed by atoms with E-state index in [0.29, 0.717) is 12.0 Å². The van der Waals surface area contributed by atoms with Crippen molar-refractivity contribution in [3.63, 3.8) is 0 Å². The van der Waals surface area contributed by atoms with Crippen LogP contribution in [0.3, 0.4) is 0 Å². The lowest BCUT2D eigenvalue weighted by molar-refractivity contribution is -0.0477. The van der Waals surface area contributed by atoms with Gasteiger partial charge in [0.2, 0.25) is 0 Å². The fourth-order valence-electron chi connectivity index (χ4n) is 3.10. The van der Waals surface area contributed by atoms with E-state index in [2.05, 4.69) is 19.2 Å². The van der Waals surface area contributed by atoms with E-state index in [1.807, 2.05) is 6.08 Å². The van der Waals surface area contributed by atoms with Crippen LogP contribution in [0.25, 0.3) is 0 Å². The number of rotatable bonds is 3. The van der Waals surface area contributed by atoms with Crippen LogP contribution in [-0.4, -0.2) is 12.7 Å². The highest BCUT2D eigenvalue weighted by molar-refractivity contribution is 4.89. The monoisotopic (exact) mass is 220 g/mol. The summed E-state index contributed by atoms with van der Waals surface area (Å²) >= 11 is 0. The second-order valence-corrected chi connectivity index (χ2v) is 5.36. The largest absolute Gasteiger partial charge is 0.377 e. The molecule has 16 heavy (non-hydrogen) atoms. The Kier molecular flexibility index (Phi) is 4.22. The molecule has 1 nitrogen and oxygen atoms in total. The zero-order valence-electron chi connectivity index (χ0n) is 10.2. The Morgan fingerprint density at radius 2 is 1.44 bits per heavy atom. The van der Waals surface area contributed by atoms with Crippen molar-refractivity contribution in [1.82, 2.24) is 0 Å². The molecule has 90 valence electrons. The molecule has 2 unspecified atom stereocenters. The first kappa shape index (κ1) is 11.9. The van der Waals surface area contributed by atoms with E-state index in [4.69, 9.17) is 4.74 Å². The van der Waals surface area contributed by atoms with Crippen molar-refractivity contribution < 1.29 is 4.74 Å². The SMILES string of the molecule is C=CC1CCC(C2CCC(C=C)CO2)CC1. The zero-order valence-corrected chi connectivity index (χ0v) is 10.2. The summed E-state index contributed by atoms with van der Waals surface area (Å²) in [4.78, 5) is 0. The summed E-state index contributed by atoms with van der Waals surface area (Å²) in [6.07, 6.45) is 12.5. The molecule has 0 N–H and O–H groups in total. The van der Waals surface area contributed by atoms with Crippen LogP contribution in [0.5, 0.6) is 0 Å². The molecule has 2 atom stereocenters. The predicted molar refractivity (Wildman–Crippen MR) is 68.3 cm³/mol. The Morgan fingerprint density at radius 3 is 1.94 bits per heavy atom. The van der Waals surface area contributed by atoms with E-state index in [-0.39, 0.29) is 0 Å². The normalized spacial score (nSPS) is 40.2. The van der Waals surface area contributed by atoms with E-state index in [0.717, 1.165) is 18.4 Å². The maximum Gasteiger partial charge on any atom is 0.0603 e. The Labute approximate surface area is 99.6 Å². The molecule has 2 rings (SSSR count). The minimum atomic E-state index is 0.530. The zero-order chi connectivity index (χ0) is 11.4. The molecule has 0 aromatic heterocycles. The van der Waals surface area contributed by atoms with Crippen LogP contribution in [-0.2, 0) is 4.74 Å². The van der Waals surface area contributed by atoms with Crippen LogP contribution in [0.1, 0.15) is 38.5 Å². The third-order valence-corrected chi connectivity index (χ3v) is 4.36. The summed E-state index contributed by atoms with van der Waals surface area (Å²) in [6, 6.07) is 0. The highest BCUT2D eigenvalue weighted by atomic mass is 16.5. The van der Waals surface area contributed by atoms with Crippen molar-refractivity contribution >= 4 is 0 Å². The van der Waals surface area contributed by atoms with Crippen LogP contribution in [0.2, 0.25) is 0 Å². The van der Waals surface area contributed by atoms with Crippen molar-refractivity contribution in [2.24, 2.45) is 17.8 Å². The van der Waals surface area contributed by atoms with E-state index < -0.39 is 0 Å². The molecule has 1 aliphatic carbocycles. The first-order chi connectivity index (χ1) is 7.83. The smallest absolute Gasteiger partial charge is 0.0603 e. The van der Waals surface area contributed by atoms with Crippen LogP contribution in [0, 0.1) is 17.8 Å². The van der Waals surface area contributed by atoms with Gasteiger partial charge in [0.25, 0.3) is 0 Å². The molecule has 1 aliphatic heterocycles. The van der Waals surface area contributed by atoms with Gasteiger partial charge in [-0.15, -0.1) is 13.2 Å². The van der Waals surface area contributed by atoms with Gasteiger partial charge in [-0.1, -0.05) is 12.2 Å². The van der Waals surface area contributed by atoms with Gasteiger partial charge in [0.1, 0.15) is 0 Å². The molecule has 2 fully saturated rings. The van der Waals surface area contributed by atoms with Crippen molar-refractivity contribution in [3.05, 3.63) is 25.3 Å². The van der Waals surface area contributed by atoms with E-state index in [1.165, 1.54) is 38.5 Å². The molecule has 1 heterocycles. The van der Waals surface area contributed by atoms with Crippen LogP contribution in [0.15, 0.2) is 25.3 Å². The number of hydrogen-bond donors (Lipinski definition) is 0. The predicted octanol–water partition coefficient (Wildman–Crippen LogP) is 3.96. The fourth-order valence-corrected chi connectivity index (χ4v) is 3.10. The highest BCUT2D eigenvalue weighted by Crippen LogP contribution is 2.36. The molecular weight excluding hydrogens is 196 g/mol. The minimum absolute atomic E-state index is 0.530. The van der Waals surface area contributed by atoms with Crippen LogP contribution >= 0.6 is 0 Å². The van der Waals surface area contributed by atoms with Crippen molar-refractivity contribution in [2.45, 2.75) is 44.6 Å². The van der Waals surface area contributed by atoms with Crippen molar-refractivity contribution in [2.75, 3.05) is 6.61 Å². The molecular formula is C15H24O.